The van der Waals surface area contributed by atoms with Crippen molar-refractivity contribution in [2.45, 2.75) is 26.3 Å². The zero-order chi connectivity index (χ0) is 11.8. The Morgan fingerprint density at radius 2 is 2.31 bits per heavy atom. The Hall–Kier alpha value is -1.42. The van der Waals surface area contributed by atoms with Gasteiger partial charge in [0.05, 0.1) is 5.69 Å². The first-order valence-electron chi connectivity index (χ1n) is 5.65. The van der Waals surface area contributed by atoms with Crippen molar-refractivity contribution in [2.75, 3.05) is 13.1 Å². The van der Waals surface area contributed by atoms with Gasteiger partial charge < -0.3 is 10.6 Å². The van der Waals surface area contributed by atoms with Gasteiger partial charge in [-0.25, -0.2) is 0 Å². The van der Waals surface area contributed by atoms with Gasteiger partial charge in [0.15, 0.2) is 0 Å². The van der Waals surface area contributed by atoms with Crippen LogP contribution in [-0.4, -0.2) is 24.0 Å². The molecule has 2 N–H and O–H groups in total. The molecule has 0 saturated carbocycles. The predicted molar refractivity (Wildman–Crippen MR) is 64.0 cm³/mol. The predicted octanol–water partition coefficient (Wildman–Crippen LogP) is 1.26. The Labute approximate surface area is 96.5 Å². The summed E-state index contributed by atoms with van der Waals surface area (Å²) >= 11 is 0. The molecule has 0 unspecified atom stereocenters. The van der Waals surface area contributed by atoms with Crippen LogP contribution in [0.25, 0.3) is 0 Å². The van der Waals surface area contributed by atoms with Crippen LogP contribution in [0, 0.1) is 0 Å². The maximum Gasteiger partial charge on any atom is 0.221 e. The van der Waals surface area contributed by atoms with Crippen LogP contribution in [0.1, 0.15) is 32.0 Å². The average Bonchev–Trinajstić information content (AvgIpc) is 2.30. The smallest absolute Gasteiger partial charge is 0.221 e. The summed E-state index contributed by atoms with van der Waals surface area (Å²) in [5.74, 6) is 0.0863. The van der Waals surface area contributed by atoms with Crippen LogP contribution < -0.4 is 10.6 Å². The number of rotatable bonds is 6. The van der Waals surface area contributed by atoms with E-state index in [1.54, 1.807) is 6.20 Å². The zero-order valence-corrected chi connectivity index (χ0v) is 9.86. The second-order valence-electron chi connectivity index (χ2n) is 3.63. The van der Waals surface area contributed by atoms with Crippen LogP contribution in [-0.2, 0) is 4.79 Å². The number of pyridine rings is 1. The molecule has 1 aromatic rings. The van der Waals surface area contributed by atoms with Crippen LogP contribution in [0.2, 0.25) is 0 Å². The minimum absolute atomic E-state index is 0.0863. The molecule has 16 heavy (non-hydrogen) atoms. The number of amides is 1. The number of aromatic nitrogens is 1. The van der Waals surface area contributed by atoms with E-state index in [1.807, 2.05) is 32.0 Å². The molecule has 1 aromatic heterocycles. The fourth-order valence-electron chi connectivity index (χ4n) is 1.42. The van der Waals surface area contributed by atoms with Gasteiger partial charge >= 0.3 is 0 Å². The molecule has 0 saturated heterocycles. The summed E-state index contributed by atoms with van der Waals surface area (Å²) in [5.41, 5.74) is 0.999. The van der Waals surface area contributed by atoms with Gasteiger partial charge in [-0.3, -0.25) is 9.78 Å². The van der Waals surface area contributed by atoms with Crippen molar-refractivity contribution in [3.8, 4) is 0 Å². The first-order valence-corrected chi connectivity index (χ1v) is 5.65. The standard InChI is InChI=1S/C12H19N3O/c1-3-13-12(16)7-9-14-10(2)11-6-4-5-8-15-11/h4-6,8,10,14H,3,7,9H2,1-2H3,(H,13,16)/t10-/m1/s1. The Morgan fingerprint density at radius 1 is 1.50 bits per heavy atom. The fourth-order valence-corrected chi connectivity index (χ4v) is 1.42. The lowest BCUT2D eigenvalue weighted by atomic mass is 10.2. The first kappa shape index (κ1) is 12.6. The summed E-state index contributed by atoms with van der Waals surface area (Å²) in [7, 11) is 0. The number of nitrogens with one attached hydrogen (secondary N) is 2. The van der Waals surface area contributed by atoms with Crippen LogP contribution in [0.5, 0.6) is 0 Å². The van der Waals surface area contributed by atoms with Crippen molar-refractivity contribution in [2.24, 2.45) is 0 Å². The fraction of sp³-hybridized carbons (Fsp3) is 0.500. The topological polar surface area (TPSA) is 54.0 Å². The van der Waals surface area contributed by atoms with Crippen LogP contribution >= 0.6 is 0 Å². The lowest BCUT2D eigenvalue weighted by Gasteiger charge is -2.12. The molecule has 0 bridgehead atoms. The van der Waals surface area contributed by atoms with Crippen molar-refractivity contribution < 1.29 is 4.79 Å². The molecule has 0 aliphatic heterocycles. The van der Waals surface area contributed by atoms with E-state index in [4.69, 9.17) is 0 Å². The van der Waals surface area contributed by atoms with Gasteiger partial charge in [0, 0.05) is 31.7 Å². The van der Waals surface area contributed by atoms with Crippen molar-refractivity contribution in [3.63, 3.8) is 0 Å². The number of nitrogens with zero attached hydrogens (tertiary/aromatic N) is 1. The monoisotopic (exact) mass is 221 g/mol. The van der Waals surface area contributed by atoms with E-state index in [1.165, 1.54) is 0 Å². The molecule has 0 spiro atoms. The lowest BCUT2D eigenvalue weighted by Crippen LogP contribution is -2.28. The van der Waals surface area contributed by atoms with E-state index in [0.717, 1.165) is 5.69 Å². The van der Waals surface area contributed by atoms with Crippen LogP contribution in [0.4, 0.5) is 0 Å². The van der Waals surface area contributed by atoms with Gasteiger partial charge in [0.1, 0.15) is 0 Å². The number of hydrogen-bond donors (Lipinski definition) is 2. The molecule has 1 rings (SSSR count). The van der Waals surface area contributed by atoms with Crippen molar-refractivity contribution in [1.82, 2.24) is 15.6 Å². The van der Waals surface area contributed by atoms with Crippen LogP contribution in [0.15, 0.2) is 24.4 Å². The van der Waals surface area contributed by atoms with Crippen LogP contribution in [0.3, 0.4) is 0 Å². The van der Waals surface area contributed by atoms with Gasteiger partial charge in [-0.2, -0.15) is 0 Å². The molecule has 0 radical (unpaired) electrons. The number of carbonyl (C=O) groups is 1. The molecule has 0 aliphatic carbocycles. The highest BCUT2D eigenvalue weighted by molar-refractivity contribution is 5.75. The summed E-state index contributed by atoms with van der Waals surface area (Å²) in [4.78, 5) is 15.4. The van der Waals surface area contributed by atoms with E-state index in [-0.39, 0.29) is 11.9 Å². The summed E-state index contributed by atoms with van der Waals surface area (Å²) in [6.45, 7) is 5.32. The molecule has 4 heteroatoms. The quantitative estimate of drug-likeness (QED) is 0.760. The number of carbonyl (C=O) groups excluding carboxylic acids is 1. The highest BCUT2D eigenvalue weighted by Gasteiger charge is 2.05. The van der Waals surface area contributed by atoms with E-state index >= 15 is 0 Å². The summed E-state index contributed by atoms with van der Waals surface area (Å²) in [6.07, 6.45) is 2.28. The largest absolute Gasteiger partial charge is 0.356 e. The van der Waals surface area contributed by atoms with Crippen molar-refractivity contribution in [1.29, 1.82) is 0 Å². The molecule has 4 nitrogen and oxygen atoms in total. The zero-order valence-electron chi connectivity index (χ0n) is 9.86. The van der Waals surface area contributed by atoms with Gasteiger partial charge in [0.2, 0.25) is 5.91 Å². The Bertz CT molecular complexity index is 313. The molecule has 0 fully saturated rings. The summed E-state index contributed by atoms with van der Waals surface area (Å²) in [6, 6.07) is 6.01. The highest BCUT2D eigenvalue weighted by Crippen LogP contribution is 2.07. The molecule has 0 aliphatic rings. The highest BCUT2D eigenvalue weighted by atomic mass is 16.1. The Morgan fingerprint density at radius 3 is 2.94 bits per heavy atom. The molecule has 88 valence electrons. The number of hydrogen-bond acceptors (Lipinski definition) is 3. The minimum atomic E-state index is 0.0863. The first-order chi connectivity index (χ1) is 7.74. The van der Waals surface area contributed by atoms with Gasteiger partial charge in [-0.15, -0.1) is 0 Å². The molecular weight excluding hydrogens is 202 g/mol. The van der Waals surface area contributed by atoms with E-state index in [0.29, 0.717) is 19.5 Å². The lowest BCUT2D eigenvalue weighted by molar-refractivity contribution is -0.120. The third-order valence-corrected chi connectivity index (χ3v) is 2.31. The molecule has 1 atom stereocenters. The second kappa shape index (κ2) is 6.95. The third kappa shape index (κ3) is 4.40. The molecule has 0 aromatic carbocycles. The SMILES string of the molecule is CCNC(=O)CCN[C@H](C)c1ccccn1. The Balaban J connectivity index is 2.26. The van der Waals surface area contributed by atoms with Gasteiger partial charge in [-0.1, -0.05) is 6.07 Å². The third-order valence-electron chi connectivity index (χ3n) is 2.31. The van der Waals surface area contributed by atoms with Gasteiger partial charge in [-0.05, 0) is 26.0 Å². The molecule has 1 heterocycles. The van der Waals surface area contributed by atoms with E-state index in [2.05, 4.69) is 15.6 Å². The van der Waals surface area contributed by atoms with Crippen molar-refractivity contribution >= 4 is 5.91 Å². The maximum absolute atomic E-state index is 11.2. The summed E-state index contributed by atoms with van der Waals surface area (Å²) < 4.78 is 0. The maximum atomic E-state index is 11.2. The average molecular weight is 221 g/mol. The molecule has 1 amide bonds. The molecular formula is C12H19N3O. The van der Waals surface area contributed by atoms with E-state index in [9.17, 15) is 4.79 Å². The Kier molecular flexibility index (Phi) is 5.50. The van der Waals surface area contributed by atoms with Gasteiger partial charge in [0.25, 0.3) is 0 Å². The minimum Gasteiger partial charge on any atom is -0.356 e. The normalized spacial score (nSPS) is 12.1. The second-order valence-corrected chi connectivity index (χ2v) is 3.63. The van der Waals surface area contributed by atoms with Crippen molar-refractivity contribution in [3.05, 3.63) is 30.1 Å². The summed E-state index contributed by atoms with van der Waals surface area (Å²) in [5, 5.41) is 6.03. The van der Waals surface area contributed by atoms with E-state index < -0.39 is 0 Å².